The van der Waals surface area contributed by atoms with Gasteiger partial charge in [-0.25, -0.2) is 0 Å². The van der Waals surface area contributed by atoms with E-state index in [9.17, 15) is 9.90 Å². The lowest BCUT2D eigenvalue weighted by molar-refractivity contribution is -0.126. The molecule has 0 saturated carbocycles. The van der Waals surface area contributed by atoms with Crippen LogP contribution in [0.15, 0.2) is 35.4 Å². The van der Waals surface area contributed by atoms with Crippen LogP contribution >= 0.6 is 0 Å². The molecule has 2 rings (SSSR count). The van der Waals surface area contributed by atoms with Crippen LogP contribution in [-0.4, -0.2) is 36.1 Å². The molecule has 0 spiro atoms. The van der Waals surface area contributed by atoms with Crippen molar-refractivity contribution in [2.24, 2.45) is 0 Å². The minimum atomic E-state index is 0.0508. The molecule has 96 valence electrons. The standard InChI is InChI=1S/C14H18N2O2/c1-10(12-7-15-8-12)14(18)16(2)9-11-4-3-5-13(17)6-11/h3-6,15,17H,7-9H2,1-2H3. The van der Waals surface area contributed by atoms with Gasteiger partial charge in [0.1, 0.15) is 5.75 Å². The molecule has 2 N–H and O–H groups in total. The maximum Gasteiger partial charge on any atom is 0.249 e. The summed E-state index contributed by atoms with van der Waals surface area (Å²) in [5.74, 6) is 0.279. The second-order valence-electron chi connectivity index (χ2n) is 4.66. The normalized spacial score (nSPS) is 14.0. The summed E-state index contributed by atoms with van der Waals surface area (Å²) in [4.78, 5) is 13.8. The van der Waals surface area contributed by atoms with E-state index in [4.69, 9.17) is 0 Å². The van der Waals surface area contributed by atoms with E-state index < -0.39 is 0 Å². The Kier molecular flexibility index (Phi) is 3.67. The van der Waals surface area contributed by atoms with Crippen molar-refractivity contribution in [1.82, 2.24) is 10.2 Å². The van der Waals surface area contributed by atoms with Crippen LogP contribution in [0.5, 0.6) is 5.75 Å². The van der Waals surface area contributed by atoms with E-state index in [1.54, 1.807) is 30.1 Å². The Labute approximate surface area is 107 Å². The van der Waals surface area contributed by atoms with Gasteiger partial charge in [0.15, 0.2) is 0 Å². The average molecular weight is 246 g/mol. The smallest absolute Gasteiger partial charge is 0.249 e. The van der Waals surface area contributed by atoms with Gasteiger partial charge in [-0.05, 0) is 30.2 Å². The molecule has 1 heterocycles. The molecule has 1 fully saturated rings. The summed E-state index contributed by atoms with van der Waals surface area (Å²) in [5, 5.41) is 12.5. The number of likely N-dealkylation sites (N-methyl/N-ethyl adjacent to an activating group) is 1. The second-order valence-corrected chi connectivity index (χ2v) is 4.66. The first kappa shape index (κ1) is 12.6. The zero-order valence-electron chi connectivity index (χ0n) is 10.7. The molecule has 0 radical (unpaired) electrons. The van der Waals surface area contributed by atoms with Gasteiger partial charge in [-0.1, -0.05) is 12.1 Å². The summed E-state index contributed by atoms with van der Waals surface area (Å²) in [7, 11) is 1.78. The number of nitrogens with zero attached hydrogens (tertiary/aromatic N) is 1. The zero-order chi connectivity index (χ0) is 13.1. The number of rotatable bonds is 3. The molecule has 1 aromatic carbocycles. The maximum absolute atomic E-state index is 12.1. The van der Waals surface area contributed by atoms with E-state index in [-0.39, 0.29) is 11.7 Å². The summed E-state index contributed by atoms with van der Waals surface area (Å²) in [6, 6.07) is 6.98. The van der Waals surface area contributed by atoms with Gasteiger partial charge in [-0.15, -0.1) is 0 Å². The molecule has 4 nitrogen and oxygen atoms in total. The van der Waals surface area contributed by atoms with Gasteiger partial charge in [0.25, 0.3) is 0 Å². The van der Waals surface area contributed by atoms with Gasteiger partial charge in [0, 0.05) is 32.3 Å². The number of hydrogen-bond acceptors (Lipinski definition) is 3. The third kappa shape index (κ3) is 2.71. The van der Waals surface area contributed by atoms with Crippen LogP contribution in [0.25, 0.3) is 0 Å². The molecule has 0 unspecified atom stereocenters. The van der Waals surface area contributed by atoms with Crippen LogP contribution in [0.1, 0.15) is 12.5 Å². The van der Waals surface area contributed by atoms with Crippen LogP contribution in [-0.2, 0) is 11.3 Å². The molecule has 0 bridgehead atoms. The maximum atomic E-state index is 12.1. The molecule has 1 aliphatic rings. The van der Waals surface area contributed by atoms with Gasteiger partial charge in [0.05, 0.1) is 0 Å². The Bertz CT molecular complexity index is 488. The van der Waals surface area contributed by atoms with Crippen molar-refractivity contribution < 1.29 is 9.90 Å². The van der Waals surface area contributed by atoms with Crippen molar-refractivity contribution in [2.45, 2.75) is 13.5 Å². The fourth-order valence-electron chi connectivity index (χ4n) is 1.95. The minimum Gasteiger partial charge on any atom is -0.508 e. The molecule has 0 atom stereocenters. The van der Waals surface area contributed by atoms with Crippen LogP contribution in [0, 0.1) is 0 Å². The van der Waals surface area contributed by atoms with Crippen molar-refractivity contribution in [1.29, 1.82) is 0 Å². The fourth-order valence-corrected chi connectivity index (χ4v) is 1.95. The van der Waals surface area contributed by atoms with Crippen LogP contribution < -0.4 is 5.32 Å². The van der Waals surface area contributed by atoms with Crippen molar-refractivity contribution in [3.05, 3.63) is 41.0 Å². The van der Waals surface area contributed by atoms with Crippen molar-refractivity contribution in [2.75, 3.05) is 20.1 Å². The summed E-state index contributed by atoms with van der Waals surface area (Å²) in [6.07, 6.45) is 0. The monoisotopic (exact) mass is 246 g/mol. The third-order valence-electron chi connectivity index (χ3n) is 3.20. The van der Waals surface area contributed by atoms with Crippen LogP contribution in [0.4, 0.5) is 0 Å². The first-order chi connectivity index (χ1) is 8.58. The molecule has 4 heteroatoms. The Morgan fingerprint density at radius 2 is 2.17 bits per heavy atom. The quantitative estimate of drug-likeness (QED) is 0.790. The number of aromatic hydroxyl groups is 1. The van der Waals surface area contributed by atoms with Crippen molar-refractivity contribution in [3.63, 3.8) is 0 Å². The first-order valence-corrected chi connectivity index (χ1v) is 6.00. The summed E-state index contributed by atoms with van der Waals surface area (Å²) >= 11 is 0. The molecule has 1 amide bonds. The predicted octanol–water partition coefficient (Wildman–Crippen LogP) is 1.27. The number of benzene rings is 1. The van der Waals surface area contributed by atoms with Gasteiger partial charge in [-0.3, -0.25) is 4.79 Å². The average Bonchev–Trinajstić information content (AvgIpc) is 2.25. The number of phenolic OH excluding ortho intramolecular Hbond substituents is 1. The molecule has 18 heavy (non-hydrogen) atoms. The summed E-state index contributed by atoms with van der Waals surface area (Å²) in [5.41, 5.74) is 2.94. The molecule has 1 saturated heterocycles. The number of phenols is 1. The van der Waals surface area contributed by atoms with Gasteiger partial charge < -0.3 is 15.3 Å². The van der Waals surface area contributed by atoms with Gasteiger partial charge >= 0.3 is 0 Å². The lowest BCUT2D eigenvalue weighted by Crippen LogP contribution is -2.38. The number of amides is 1. The molecular weight excluding hydrogens is 228 g/mol. The van der Waals surface area contributed by atoms with E-state index in [2.05, 4.69) is 5.32 Å². The van der Waals surface area contributed by atoms with E-state index in [0.717, 1.165) is 24.2 Å². The van der Waals surface area contributed by atoms with E-state index in [1.807, 2.05) is 13.0 Å². The summed E-state index contributed by atoms with van der Waals surface area (Å²) in [6.45, 7) is 4.01. The van der Waals surface area contributed by atoms with E-state index >= 15 is 0 Å². The Hall–Kier alpha value is -1.81. The topological polar surface area (TPSA) is 52.6 Å². The zero-order valence-corrected chi connectivity index (χ0v) is 10.7. The molecular formula is C14H18N2O2. The summed E-state index contributed by atoms with van der Waals surface area (Å²) < 4.78 is 0. The highest BCUT2D eigenvalue weighted by Crippen LogP contribution is 2.15. The van der Waals surface area contributed by atoms with Crippen molar-refractivity contribution >= 4 is 5.91 Å². The van der Waals surface area contributed by atoms with Gasteiger partial charge in [-0.2, -0.15) is 0 Å². The molecule has 0 aromatic heterocycles. The molecule has 0 aliphatic carbocycles. The minimum absolute atomic E-state index is 0.0508. The predicted molar refractivity (Wildman–Crippen MR) is 70.2 cm³/mol. The lowest BCUT2D eigenvalue weighted by Gasteiger charge is -2.24. The fraction of sp³-hybridized carbons (Fsp3) is 0.357. The SMILES string of the molecule is CC(C(=O)N(C)Cc1cccc(O)c1)=C1CNC1. The Balaban J connectivity index is 2.03. The molecule has 1 aromatic rings. The second kappa shape index (κ2) is 5.23. The van der Waals surface area contributed by atoms with Crippen molar-refractivity contribution in [3.8, 4) is 5.75 Å². The molecule has 1 aliphatic heterocycles. The largest absolute Gasteiger partial charge is 0.508 e. The number of carbonyl (C=O) groups excluding carboxylic acids is 1. The van der Waals surface area contributed by atoms with E-state index in [1.165, 1.54) is 5.57 Å². The lowest BCUT2D eigenvalue weighted by atomic mass is 10.0. The van der Waals surface area contributed by atoms with Gasteiger partial charge in [0.2, 0.25) is 5.91 Å². The third-order valence-corrected chi connectivity index (χ3v) is 3.20. The Morgan fingerprint density at radius 1 is 1.44 bits per heavy atom. The number of hydrogen-bond donors (Lipinski definition) is 2. The number of carbonyl (C=O) groups is 1. The highest BCUT2D eigenvalue weighted by Gasteiger charge is 2.18. The van der Waals surface area contributed by atoms with E-state index in [0.29, 0.717) is 6.54 Å². The highest BCUT2D eigenvalue weighted by atomic mass is 16.3. The first-order valence-electron chi connectivity index (χ1n) is 6.00. The number of nitrogens with one attached hydrogen (secondary N) is 1. The van der Waals surface area contributed by atoms with Crippen LogP contribution in [0.3, 0.4) is 0 Å². The van der Waals surface area contributed by atoms with Crippen LogP contribution in [0.2, 0.25) is 0 Å². The highest BCUT2D eigenvalue weighted by molar-refractivity contribution is 5.93. The Morgan fingerprint density at radius 3 is 2.72 bits per heavy atom.